The molecule has 0 radical (unpaired) electrons. The van der Waals surface area contributed by atoms with Crippen LogP contribution in [0.15, 0.2) is 77.5 Å². The first-order chi connectivity index (χ1) is 18.7. The molecule has 2 aromatic carbocycles. The van der Waals surface area contributed by atoms with Crippen molar-refractivity contribution in [3.63, 3.8) is 0 Å². The van der Waals surface area contributed by atoms with Gasteiger partial charge < -0.3 is 14.6 Å². The second kappa shape index (κ2) is 10.6. The van der Waals surface area contributed by atoms with Crippen LogP contribution in [0.4, 0.5) is 23.4 Å². The lowest BCUT2D eigenvalue weighted by atomic mass is 10.2. The first-order valence-electron chi connectivity index (χ1n) is 12.0. The highest BCUT2D eigenvalue weighted by Crippen LogP contribution is 2.23. The first kappa shape index (κ1) is 25.9. The number of fused-ring (bicyclic) bond motifs is 1. The Kier molecular flexibility index (Phi) is 7.03. The number of nitrogens with one attached hydrogen (secondary N) is 2. The standard InChI is InChI=1S/C27H27N7O4S/c1-18-12-14-38-24(18)25(35)32-27-30-21-9-4-5-10-22(21)34(27)17-33(2)23-11-13-28-26(31-23)29-20-8-6-7-19(15-20)16-39(3,36)37/h4-15H,16-17H2,1-3H3,(H,28,29,31)(H,30,32,35). The number of amides is 1. The quantitative estimate of drug-likeness (QED) is 0.277. The van der Waals surface area contributed by atoms with E-state index in [0.29, 0.717) is 35.6 Å². The minimum Gasteiger partial charge on any atom is -0.459 e. The van der Waals surface area contributed by atoms with Gasteiger partial charge in [0.05, 0.1) is 29.7 Å². The summed E-state index contributed by atoms with van der Waals surface area (Å²) in [6, 6.07) is 18.2. The summed E-state index contributed by atoms with van der Waals surface area (Å²) in [6.45, 7) is 2.13. The van der Waals surface area contributed by atoms with Crippen LogP contribution >= 0.6 is 0 Å². The fourth-order valence-corrected chi connectivity index (χ4v) is 4.94. The van der Waals surface area contributed by atoms with E-state index in [0.717, 1.165) is 16.6 Å². The van der Waals surface area contributed by atoms with Crippen molar-refractivity contribution in [2.24, 2.45) is 0 Å². The van der Waals surface area contributed by atoms with E-state index in [1.54, 1.807) is 43.5 Å². The molecule has 0 aliphatic carbocycles. The van der Waals surface area contributed by atoms with Crippen LogP contribution in [0, 0.1) is 6.92 Å². The maximum Gasteiger partial charge on any atom is 0.293 e. The molecular weight excluding hydrogens is 518 g/mol. The molecule has 0 bridgehead atoms. The van der Waals surface area contributed by atoms with Gasteiger partial charge in [-0.25, -0.2) is 18.4 Å². The van der Waals surface area contributed by atoms with Crippen molar-refractivity contribution in [1.29, 1.82) is 0 Å². The molecule has 200 valence electrons. The summed E-state index contributed by atoms with van der Waals surface area (Å²) in [5.41, 5.74) is 3.65. The number of anilines is 4. The van der Waals surface area contributed by atoms with Gasteiger partial charge in [-0.1, -0.05) is 24.3 Å². The molecule has 1 amide bonds. The monoisotopic (exact) mass is 545 g/mol. The van der Waals surface area contributed by atoms with Gasteiger partial charge in [-0.05, 0) is 48.9 Å². The summed E-state index contributed by atoms with van der Waals surface area (Å²) in [5.74, 6) is 1.14. The number of aryl methyl sites for hydroxylation is 1. The smallest absolute Gasteiger partial charge is 0.293 e. The number of carbonyl (C=O) groups is 1. The Labute approximate surface area is 225 Å². The van der Waals surface area contributed by atoms with Gasteiger partial charge in [0.2, 0.25) is 11.9 Å². The molecule has 0 saturated heterocycles. The molecule has 11 nitrogen and oxygen atoms in total. The average molecular weight is 546 g/mol. The lowest BCUT2D eigenvalue weighted by Crippen LogP contribution is -2.25. The summed E-state index contributed by atoms with van der Waals surface area (Å²) in [7, 11) is -1.29. The molecular formula is C27H27N7O4S. The lowest BCUT2D eigenvalue weighted by molar-refractivity contribution is 0.0994. The number of benzene rings is 2. The van der Waals surface area contributed by atoms with Crippen LogP contribution in [-0.2, 0) is 22.3 Å². The number of para-hydroxylation sites is 2. The number of nitrogens with zero attached hydrogens (tertiary/aromatic N) is 5. The molecule has 0 aliphatic heterocycles. The molecule has 12 heteroatoms. The second-order valence-electron chi connectivity index (χ2n) is 9.21. The molecule has 5 rings (SSSR count). The highest BCUT2D eigenvalue weighted by molar-refractivity contribution is 7.89. The molecule has 3 aromatic heterocycles. The summed E-state index contributed by atoms with van der Waals surface area (Å²) in [4.78, 5) is 28.3. The first-order valence-corrected chi connectivity index (χ1v) is 14.1. The number of hydrogen-bond donors (Lipinski definition) is 2. The number of sulfone groups is 1. The molecule has 0 unspecified atom stereocenters. The zero-order valence-corrected chi connectivity index (χ0v) is 22.4. The molecule has 39 heavy (non-hydrogen) atoms. The Hall–Kier alpha value is -4.71. The normalized spacial score (nSPS) is 11.5. The van der Waals surface area contributed by atoms with E-state index in [1.165, 1.54) is 12.5 Å². The number of imidazole rings is 1. The van der Waals surface area contributed by atoms with Crippen molar-refractivity contribution >= 4 is 50.2 Å². The summed E-state index contributed by atoms with van der Waals surface area (Å²) < 4.78 is 30.6. The second-order valence-corrected chi connectivity index (χ2v) is 11.4. The number of carbonyl (C=O) groups excluding carboxylic acids is 1. The molecule has 5 aromatic rings. The molecule has 0 atom stereocenters. The van der Waals surface area contributed by atoms with Crippen molar-refractivity contribution in [1.82, 2.24) is 19.5 Å². The third-order valence-electron chi connectivity index (χ3n) is 5.95. The van der Waals surface area contributed by atoms with Crippen molar-refractivity contribution in [2.45, 2.75) is 19.3 Å². The zero-order valence-electron chi connectivity index (χ0n) is 21.6. The number of rotatable bonds is 9. The van der Waals surface area contributed by atoms with Crippen LogP contribution in [0.1, 0.15) is 21.7 Å². The van der Waals surface area contributed by atoms with Crippen LogP contribution in [0.2, 0.25) is 0 Å². The van der Waals surface area contributed by atoms with Gasteiger partial charge in [-0.3, -0.25) is 14.7 Å². The van der Waals surface area contributed by atoms with Gasteiger partial charge >= 0.3 is 0 Å². The SMILES string of the molecule is Cc1ccoc1C(=O)Nc1nc2ccccc2n1CN(C)c1ccnc(Nc2cccc(CS(C)(=O)=O)c2)n1. The largest absolute Gasteiger partial charge is 0.459 e. The minimum atomic E-state index is -3.16. The van der Waals surface area contributed by atoms with Crippen molar-refractivity contribution < 1.29 is 17.6 Å². The van der Waals surface area contributed by atoms with Crippen molar-refractivity contribution in [2.75, 3.05) is 28.8 Å². The Balaban J connectivity index is 1.38. The molecule has 0 aliphatic rings. The fraction of sp³-hybridized carbons (Fsp3) is 0.185. The van der Waals surface area contributed by atoms with Crippen LogP contribution in [0.25, 0.3) is 11.0 Å². The number of aromatic nitrogens is 4. The van der Waals surface area contributed by atoms with E-state index in [2.05, 4.69) is 25.6 Å². The molecule has 3 heterocycles. The predicted octanol–water partition coefficient (Wildman–Crippen LogP) is 4.36. The fourth-order valence-electron chi connectivity index (χ4n) is 4.16. The summed E-state index contributed by atoms with van der Waals surface area (Å²) >= 11 is 0. The molecule has 2 N–H and O–H groups in total. The van der Waals surface area contributed by atoms with E-state index in [4.69, 9.17) is 4.42 Å². The Morgan fingerprint density at radius 1 is 1.08 bits per heavy atom. The molecule has 0 saturated carbocycles. The summed E-state index contributed by atoms with van der Waals surface area (Å²) in [6.07, 6.45) is 4.31. The van der Waals surface area contributed by atoms with Crippen LogP contribution < -0.4 is 15.5 Å². The van der Waals surface area contributed by atoms with Crippen LogP contribution in [-0.4, -0.2) is 47.1 Å². The van der Waals surface area contributed by atoms with Crippen LogP contribution in [0.5, 0.6) is 0 Å². The Bertz CT molecular complexity index is 1760. The summed E-state index contributed by atoms with van der Waals surface area (Å²) in [5, 5.41) is 6.01. The van der Waals surface area contributed by atoms with Gasteiger partial charge in [0, 0.05) is 30.8 Å². The van der Waals surface area contributed by atoms with E-state index in [-0.39, 0.29) is 17.4 Å². The van der Waals surface area contributed by atoms with Crippen molar-refractivity contribution in [3.05, 3.63) is 90.0 Å². The number of hydrogen-bond acceptors (Lipinski definition) is 9. The molecule has 0 fully saturated rings. The predicted molar refractivity (Wildman–Crippen MR) is 150 cm³/mol. The number of furan rings is 1. The van der Waals surface area contributed by atoms with Gasteiger partial charge in [-0.15, -0.1) is 0 Å². The third-order valence-corrected chi connectivity index (χ3v) is 6.80. The minimum absolute atomic E-state index is 0.0522. The van der Waals surface area contributed by atoms with E-state index in [1.807, 2.05) is 46.8 Å². The van der Waals surface area contributed by atoms with Gasteiger partial charge in [0.25, 0.3) is 5.91 Å². The van der Waals surface area contributed by atoms with Gasteiger partial charge in [-0.2, -0.15) is 4.98 Å². The lowest BCUT2D eigenvalue weighted by Gasteiger charge is -2.21. The Morgan fingerprint density at radius 3 is 2.67 bits per heavy atom. The molecule has 0 spiro atoms. The Morgan fingerprint density at radius 2 is 1.90 bits per heavy atom. The van der Waals surface area contributed by atoms with E-state index < -0.39 is 9.84 Å². The maximum absolute atomic E-state index is 12.9. The topological polar surface area (TPSA) is 135 Å². The maximum atomic E-state index is 12.9. The van der Waals surface area contributed by atoms with Crippen molar-refractivity contribution in [3.8, 4) is 0 Å². The highest BCUT2D eigenvalue weighted by Gasteiger charge is 2.19. The average Bonchev–Trinajstić information content (AvgIpc) is 3.46. The van der Waals surface area contributed by atoms with E-state index >= 15 is 0 Å². The van der Waals surface area contributed by atoms with Gasteiger partial charge in [0.1, 0.15) is 5.82 Å². The van der Waals surface area contributed by atoms with Gasteiger partial charge in [0.15, 0.2) is 15.6 Å². The van der Waals surface area contributed by atoms with Crippen LogP contribution in [0.3, 0.4) is 0 Å². The zero-order chi connectivity index (χ0) is 27.6. The van der Waals surface area contributed by atoms with E-state index in [9.17, 15) is 13.2 Å². The highest BCUT2D eigenvalue weighted by atomic mass is 32.2. The third kappa shape index (κ3) is 6.07.